The summed E-state index contributed by atoms with van der Waals surface area (Å²) in [5.74, 6) is 0. The van der Waals surface area contributed by atoms with Crippen LogP contribution in [0.3, 0.4) is 0 Å². The number of nitrogens with zero attached hydrogens (tertiary/aromatic N) is 2. The van der Waals surface area contributed by atoms with Gasteiger partial charge in [0.1, 0.15) is 17.7 Å². The summed E-state index contributed by atoms with van der Waals surface area (Å²) in [6.07, 6.45) is 1.66. The summed E-state index contributed by atoms with van der Waals surface area (Å²) in [4.78, 5) is 0. The summed E-state index contributed by atoms with van der Waals surface area (Å²) in [5.41, 5.74) is 3.54. The first-order chi connectivity index (χ1) is 9.07. The molecule has 0 saturated heterocycles. The van der Waals surface area contributed by atoms with Crippen molar-refractivity contribution in [3.8, 4) is 12.1 Å². The fourth-order valence-corrected chi connectivity index (χ4v) is 1.86. The Labute approximate surface area is 122 Å². The summed E-state index contributed by atoms with van der Waals surface area (Å²) in [6.45, 7) is 13.0. The quantitative estimate of drug-likeness (QED) is 0.691. The number of nitriles is 2. The highest BCUT2D eigenvalue weighted by molar-refractivity contribution is 5.63. The topological polar surface area (TPSA) is 47.6 Å². The third-order valence-corrected chi connectivity index (χ3v) is 3.24. The third kappa shape index (κ3) is 3.97. The number of benzene rings is 1. The largest absolute Gasteiger partial charge is 0.192 e. The minimum atomic E-state index is 0.0311. The third-order valence-electron chi connectivity index (χ3n) is 3.24. The lowest BCUT2D eigenvalue weighted by Crippen LogP contribution is -2.16. The van der Waals surface area contributed by atoms with Crippen LogP contribution in [0.15, 0.2) is 23.8 Å². The molecule has 20 heavy (non-hydrogen) atoms. The maximum Gasteiger partial charge on any atom is 0.130 e. The number of rotatable bonds is 1. The maximum absolute atomic E-state index is 8.90. The minimum absolute atomic E-state index is 0.0311. The van der Waals surface area contributed by atoms with Crippen LogP contribution >= 0.6 is 0 Å². The summed E-state index contributed by atoms with van der Waals surface area (Å²) < 4.78 is 0. The molecule has 1 rings (SSSR count). The Morgan fingerprint density at radius 3 is 1.55 bits per heavy atom. The molecule has 2 heteroatoms. The molecular weight excluding hydrogens is 244 g/mol. The molecule has 0 aliphatic rings. The Bertz CT molecular complexity index is 561. The van der Waals surface area contributed by atoms with Gasteiger partial charge in [0, 0.05) is 0 Å². The Morgan fingerprint density at radius 2 is 1.25 bits per heavy atom. The molecule has 0 amide bonds. The van der Waals surface area contributed by atoms with Crippen molar-refractivity contribution in [1.29, 1.82) is 10.5 Å². The molecule has 0 unspecified atom stereocenters. The van der Waals surface area contributed by atoms with Gasteiger partial charge in [-0.2, -0.15) is 10.5 Å². The van der Waals surface area contributed by atoms with Crippen LogP contribution in [0.2, 0.25) is 0 Å². The van der Waals surface area contributed by atoms with Gasteiger partial charge in [0.15, 0.2) is 0 Å². The number of allylic oxidation sites excluding steroid dienone is 1. The normalized spacial score (nSPS) is 11.4. The molecule has 0 fully saturated rings. The second kappa shape index (κ2) is 5.51. The van der Waals surface area contributed by atoms with Crippen LogP contribution in [0.5, 0.6) is 0 Å². The smallest absolute Gasteiger partial charge is 0.130 e. The van der Waals surface area contributed by atoms with Gasteiger partial charge in [-0.25, -0.2) is 0 Å². The van der Waals surface area contributed by atoms with Crippen LogP contribution in [0, 0.1) is 22.7 Å². The Hall–Kier alpha value is -2.06. The second-order valence-corrected chi connectivity index (χ2v) is 7.13. The van der Waals surface area contributed by atoms with Crippen LogP contribution in [0.1, 0.15) is 58.2 Å². The highest BCUT2D eigenvalue weighted by Gasteiger charge is 2.20. The first kappa shape index (κ1) is 16.0. The average molecular weight is 266 g/mol. The highest BCUT2D eigenvalue weighted by atomic mass is 14.3. The zero-order chi connectivity index (χ0) is 15.6. The molecule has 0 aromatic heterocycles. The molecule has 0 heterocycles. The van der Waals surface area contributed by atoms with Gasteiger partial charge in [0.2, 0.25) is 0 Å². The van der Waals surface area contributed by atoms with Gasteiger partial charge in [0.25, 0.3) is 0 Å². The monoisotopic (exact) mass is 266 g/mol. The van der Waals surface area contributed by atoms with Crippen molar-refractivity contribution in [2.45, 2.75) is 52.4 Å². The summed E-state index contributed by atoms with van der Waals surface area (Å²) in [5, 5.41) is 17.8. The van der Waals surface area contributed by atoms with E-state index in [1.165, 1.54) is 11.1 Å². The molecule has 0 N–H and O–H groups in total. The van der Waals surface area contributed by atoms with Gasteiger partial charge in [-0.05, 0) is 33.6 Å². The number of hydrogen-bond donors (Lipinski definition) is 0. The Balaban J connectivity index is 3.52. The van der Waals surface area contributed by atoms with Gasteiger partial charge < -0.3 is 0 Å². The lowest BCUT2D eigenvalue weighted by atomic mass is 9.79. The van der Waals surface area contributed by atoms with E-state index in [-0.39, 0.29) is 16.4 Å². The van der Waals surface area contributed by atoms with E-state index in [2.05, 4.69) is 59.7 Å². The molecule has 104 valence electrons. The van der Waals surface area contributed by atoms with Crippen molar-refractivity contribution in [1.82, 2.24) is 0 Å². The van der Waals surface area contributed by atoms with E-state index in [4.69, 9.17) is 10.5 Å². The predicted molar refractivity (Wildman–Crippen MR) is 83.0 cm³/mol. The first-order valence-electron chi connectivity index (χ1n) is 6.76. The van der Waals surface area contributed by atoms with Gasteiger partial charge >= 0.3 is 0 Å². The zero-order valence-electron chi connectivity index (χ0n) is 13.2. The van der Waals surface area contributed by atoms with E-state index < -0.39 is 0 Å². The SMILES string of the molecule is CC(C)(C)c1cc(C=C(C#N)C#N)cc(C(C)(C)C)c1. The zero-order valence-corrected chi connectivity index (χ0v) is 13.2. The van der Waals surface area contributed by atoms with Crippen LogP contribution in [0.4, 0.5) is 0 Å². The molecule has 0 radical (unpaired) electrons. The van der Waals surface area contributed by atoms with Crippen molar-refractivity contribution >= 4 is 6.08 Å². The van der Waals surface area contributed by atoms with Crippen molar-refractivity contribution in [2.75, 3.05) is 0 Å². The molecule has 0 saturated carbocycles. The average Bonchev–Trinajstić information content (AvgIpc) is 2.33. The lowest BCUT2D eigenvalue weighted by Gasteiger charge is -2.25. The standard InChI is InChI=1S/C18H22N2/c1-17(2,3)15-8-13(7-14(11-19)12-20)9-16(10-15)18(4,5)6/h7-10H,1-6H3. The van der Waals surface area contributed by atoms with Crippen LogP contribution in [-0.2, 0) is 10.8 Å². The van der Waals surface area contributed by atoms with E-state index in [9.17, 15) is 0 Å². The molecule has 0 aliphatic carbocycles. The second-order valence-electron chi connectivity index (χ2n) is 7.13. The van der Waals surface area contributed by atoms with E-state index in [1.54, 1.807) is 6.08 Å². The van der Waals surface area contributed by atoms with Crippen molar-refractivity contribution < 1.29 is 0 Å². The number of hydrogen-bond acceptors (Lipinski definition) is 2. The molecular formula is C18H22N2. The van der Waals surface area contributed by atoms with Crippen LogP contribution in [0.25, 0.3) is 6.08 Å². The minimum Gasteiger partial charge on any atom is -0.192 e. The molecule has 1 aromatic rings. The fraction of sp³-hybridized carbons (Fsp3) is 0.444. The molecule has 2 nitrogen and oxygen atoms in total. The van der Waals surface area contributed by atoms with Crippen LogP contribution in [-0.4, -0.2) is 0 Å². The Morgan fingerprint density at radius 1 is 0.850 bits per heavy atom. The Kier molecular flexibility index (Phi) is 4.41. The molecule has 0 spiro atoms. The summed E-state index contributed by atoms with van der Waals surface area (Å²) >= 11 is 0. The van der Waals surface area contributed by atoms with Gasteiger partial charge in [-0.1, -0.05) is 59.7 Å². The van der Waals surface area contributed by atoms with Crippen molar-refractivity contribution in [3.05, 3.63) is 40.5 Å². The highest BCUT2D eigenvalue weighted by Crippen LogP contribution is 2.30. The van der Waals surface area contributed by atoms with Gasteiger partial charge in [-0.3, -0.25) is 0 Å². The van der Waals surface area contributed by atoms with E-state index in [0.29, 0.717) is 0 Å². The van der Waals surface area contributed by atoms with Crippen molar-refractivity contribution in [3.63, 3.8) is 0 Å². The molecule has 0 bridgehead atoms. The maximum atomic E-state index is 8.90. The lowest BCUT2D eigenvalue weighted by molar-refractivity contribution is 0.568. The van der Waals surface area contributed by atoms with Gasteiger partial charge in [-0.15, -0.1) is 0 Å². The van der Waals surface area contributed by atoms with Crippen LogP contribution < -0.4 is 0 Å². The fourth-order valence-electron chi connectivity index (χ4n) is 1.86. The summed E-state index contributed by atoms with van der Waals surface area (Å²) in [6, 6.07) is 10.2. The van der Waals surface area contributed by atoms with Gasteiger partial charge in [0.05, 0.1) is 0 Å². The van der Waals surface area contributed by atoms with E-state index in [0.717, 1.165) is 5.56 Å². The first-order valence-corrected chi connectivity index (χ1v) is 6.76. The van der Waals surface area contributed by atoms with E-state index >= 15 is 0 Å². The van der Waals surface area contributed by atoms with E-state index in [1.807, 2.05) is 12.1 Å². The molecule has 0 aliphatic heterocycles. The summed E-state index contributed by atoms with van der Waals surface area (Å²) in [7, 11) is 0. The predicted octanol–water partition coefficient (Wildman–Crippen LogP) is 4.71. The van der Waals surface area contributed by atoms with Crippen molar-refractivity contribution in [2.24, 2.45) is 0 Å². The molecule has 1 aromatic carbocycles. The molecule has 0 atom stereocenters.